The Balaban J connectivity index is 1.84. The van der Waals surface area contributed by atoms with Crippen molar-refractivity contribution >= 4 is 17.7 Å². The molecule has 3 aliphatic rings. The predicted octanol–water partition coefficient (Wildman–Crippen LogP) is 7.21. The van der Waals surface area contributed by atoms with E-state index in [1.807, 2.05) is 0 Å². The van der Waals surface area contributed by atoms with Crippen molar-refractivity contribution in [1.29, 1.82) is 0 Å². The van der Waals surface area contributed by atoms with Gasteiger partial charge in [0.15, 0.2) is 0 Å². The molecule has 3 saturated carbocycles. The van der Waals surface area contributed by atoms with Gasteiger partial charge in [0, 0.05) is 26.2 Å². The molecule has 0 unspecified atom stereocenters. The maximum Gasteiger partial charge on any atom is 0.303 e. The van der Waals surface area contributed by atoms with Crippen molar-refractivity contribution in [3.8, 4) is 0 Å². The normalized spacial score (nSPS) is 36.1. The van der Waals surface area contributed by atoms with Gasteiger partial charge in [0.2, 0.25) is 0 Å². The van der Waals surface area contributed by atoms with E-state index in [0.717, 1.165) is 69.8 Å². The zero-order valence-corrected chi connectivity index (χ0v) is 23.7. The lowest BCUT2D eigenvalue weighted by atomic mass is 9.50. The van der Waals surface area contributed by atoms with Gasteiger partial charge in [0.25, 0.3) is 0 Å². The van der Waals surface area contributed by atoms with Crippen LogP contribution in [0.2, 0.25) is 0 Å². The van der Waals surface area contributed by atoms with Gasteiger partial charge >= 0.3 is 11.9 Å². The number of ether oxygens (including phenoxy) is 2. The molecular formula is C31H50O5. The van der Waals surface area contributed by atoms with E-state index in [1.54, 1.807) is 0 Å². The number of hydrogen-bond donors (Lipinski definition) is 0. The smallest absolute Gasteiger partial charge is 0.303 e. The Morgan fingerprint density at radius 2 is 1.72 bits per heavy atom. The van der Waals surface area contributed by atoms with Gasteiger partial charge in [0.05, 0.1) is 0 Å². The molecule has 5 heteroatoms. The van der Waals surface area contributed by atoms with Crippen LogP contribution in [-0.4, -0.2) is 29.4 Å². The van der Waals surface area contributed by atoms with Crippen molar-refractivity contribution in [3.63, 3.8) is 0 Å². The van der Waals surface area contributed by atoms with Crippen molar-refractivity contribution in [1.82, 2.24) is 0 Å². The highest BCUT2D eigenvalue weighted by Crippen LogP contribution is 2.58. The Labute approximate surface area is 219 Å². The SMILES string of the molecule is C=C1CC[C@H]2[C@@H](CC[C@H]3C[C@@H](OC(C)=O)CC[C@@]32C)C(=O)CC[C@]1(OC(C)=O)[C@H](C)CCCC(C)C. The molecule has 0 heterocycles. The van der Waals surface area contributed by atoms with E-state index in [1.165, 1.54) is 13.8 Å². The highest BCUT2D eigenvalue weighted by molar-refractivity contribution is 5.82. The van der Waals surface area contributed by atoms with Gasteiger partial charge in [-0.15, -0.1) is 0 Å². The summed E-state index contributed by atoms with van der Waals surface area (Å²) in [6.07, 6.45) is 10.5. The van der Waals surface area contributed by atoms with Crippen LogP contribution < -0.4 is 0 Å². The average molecular weight is 503 g/mol. The number of carbonyl (C=O) groups is 3. The molecule has 0 aromatic heterocycles. The first-order valence-corrected chi connectivity index (χ1v) is 14.5. The topological polar surface area (TPSA) is 69.7 Å². The largest absolute Gasteiger partial charge is 0.463 e. The molecule has 0 aliphatic heterocycles. The van der Waals surface area contributed by atoms with Crippen LogP contribution in [0.15, 0.2) is 12.2 Å². The van der Waals surface area contributed by atoms with Gasteiger partial charge in [-0.1, -0.05) is 47.1 Å². The first-order valence-electron chi connectivity index (χ1n) is 14.5. The van der Waals surface area contributed by atoms with Gasteiger partial charge in [-0.2, -0.15) is 0 Å². The number of carbonyl (C=O) groups excluding carboxylic acids is 3. The predicted molar refractivity (Wildman–Crippen MR) is 142 cm³/mol. The molecule has 0 bridgehead atoms. The molecule has 0 radical (unpaired) electrons. The lowest BCUT2D eigenvalue weighted by molar-refractivity contribution is -0.160. The number of ketones is 1. The van der Waals surface area contributed by atoms with Gasteiger partial charge < -0.3 is 9.47 Å². The molecule has 0 N–H and O–H groups in total. The zero-order chi connectivity index (χ0) is 26.7. The third-order valence-electron chi connectivity index (χ3n) is 10.0. The van der Waals surface area contributed by atoms with Crippen molar-refractivity contribution in [2.75, 3.05) is 0 Å². The molecule has 0 aromatic carbocycles. The second-order valence-electron chi connectivity index (χ2n) is 12.8. The quantitative estimate of drug-likeness (QED) is 0.272. The van der Waals surface area contributed by atoms with Crippen LogP contribution >= 0.6 is 0 Å². The third-order valence-corrected chi connectivity index (χ3v) is 10.0. The van der Waals surface area contributed by atoms with E-state index in [-0.39, 0.29) is 35.3 Å². The van der Waals surface area contributed by atoms with Crippen LogP contribution in [-0.2, 0) is 23.9 Å². The van der Waals surface area contributed by atoms with Crippen LogP contribution in [0.25, 0.3) is 0 Å². The Hall–Kier alpha value is -1.65. The number of esters is 2. The minimum Gasteiger partial charge on any atom is -0.463 e. The second-order valence-corrected chi connectivity index (χ2v) is 12.8. The maximum absolute atomic E-state index is 13.7. The molecule has 3 aliphatic carbocycles. The highest BCUT2D eigenvalue weighted by atomic mass is 16.6. The van der Waals surface area contributed by atoms with Gasteiger partial charge in [-0.3, -0.25) is 14.4 Å². The molecule has 3 fully saturated rings. The van der Waals surface area contributed by atoms with E-state index in [9.17, 15) is 14.4 Å². The van der Waals surface area contributed by atoms with Crippen LogP contribution in [0, 0.1) is 35.0 Å². The highest BCUT2D eigenvalue weighted by Gasteiger charge is 2.54. The molecule has 0 amide bonds. The Kier molecular flexibility index (Phi) is 9.49. The van der Waals surface area contributed by atoms with Crippen LogP contribution in [0.5, 0.6) is 0 Å². The Bertz CT molecular complexity index is 831. The lowest BCUT2D eigenvalue weighted by Gasteiger charge is -2.54. The summed E-state index contributed by atoms with van der Waals surface area (Å²) in [7, 11) is 0. The molecule has 0 aromatic rings. The van der Waals surface area contributed by atoms with E-state index in [2.05, 4.69) is 34.3 Å². The summed E-state index contributed by atoms with van der Waals surface area (Å²) in [6, 6.07) is 0. The Morgan fingerprint density at radius 3 is 2.36 bits per heavy atom. The van der Waals surface area contributed by atoms with Crippen molar-refractivity contribution in [3.05, 3.63) is 12.2 Å². The summed E-state index contributed by atoms with van der Waals surface area (Å²) in [5.41, 5.74) is 0.286. The van der Waals surface area contributed by atoms with Gasteiger partial charge in [-0.05, 0) is 92.4 Å². The van der Waals surface area contributed by atoms with Crippen molar-refractivity contribution < 1.29 is 23.9 Å². The monoisotopic (exact) mass is 502 g/mol. The van der Waals surface area contributed by atoms with Crippen LogP contribution in [0.3, 0.4) is 0 Å². The average Bonchev–Trinajstić information content (AvgIpc) is 2.83. The minimum atomic E-state index is -0.765. The number of Topliss-reactive ketones (excluding diaryl/α,β-unsaturated/α-hetero) is 1. The summed E-state index contributed by atoms with van der Waals surface area (Å²) in [6.45, 7) is 16.5. The van der Waals surface area contributed by atoms with Crippen molar-refractivity contribution in [2.24, 2.45) is 35.0 Å². The van der Waals surface area contributed by atoms with Crippen molar-refractivity contribution in [2.45, 2.75) is 130 Å². The number of hydrogen-bond acceptors (Lipinski definition) is 5. The second kappa shape index (κ2) is 11.8. The van der Waals surface area contributed by atoms with Crippen LogP contribution in [0.4, 0.5) is 0 Å². The summed E-state index contributed by atoms with van der Waals surface area (Å²) in [4.78, 5) is 37.6. The standard InChI is InChI=1S/C31H50O5/c1-20(2)9-8-10-21(3)31(36-24(6)33)18-16-29(34)27-13-12-25-19-26(35-23(5)32)15-17-30(25,7)28(27)14-11-22(31)4/h20-21,25-28H,4,8-19H2,1-3,5-7H3/t21-,25+,26+,27-,28+,30+,31+/m1/s1. The summed E-state index contributed by atoms with van der Waals surface area (Å²) >= 11 is 0. The minimum absolute atomic E-state index is 0.00225. The summed E-state index contributed by atoms with van der Waals surface area (Å²) in [5.74, 6) is 1.44. The molecule has 7 atom stereocenters. The van der Waals surface area contributed by atoms with E-state index < -0.39 is 5.60 Å². The van der Waals surface area contributed by atoms with E-state index >= 15 is 0 Å². The summed E-state index contributed by atoms with van der Waals surface area (Å²) < 4.78 is 11.7. The maximum atomic E-state index is 13.7. The van der Waals surface area contributed by atoms with Gasteiger partial charge in [-0.25, -0.2) is 0 Å². The molecule has 0 saturated heterocycles. The number of rotatable bonds is 7. The van der Waals surface area contributed by atoms with E-state index in [4.69, 9.17) is 9.47 Å². The lowest BCUT2D eigenvalue weighted by Crippen LogP contribution is -2.50. The molecular weight excluding hydrogens is 452 g/mol. The molecule has 5 nitrogen and oxygen atoms in total. The molecule has 36 heavy (non-hydrogen) atoms. The zero-order valence-electron chi connectivity index (χ0n) is 23.7. The third kappa shape index (κ3) is 6.25. The van der Waals surface area contributed by atoms with E-state index in [0.29, 0.717) is 36.4 Å². The molecule has 204 valence electrons. The molecule has 0 spiro atoms. The number of fused-ring (bicyclic) bond motifs is 3. The summed E-state index contributed by atoms with van der Waals surface area (Å²) in [5, 5.41) is 0. The van der Waals surface area contributed by atoms with Crippen LogP contribution in [0.1, 0.15) is 119 Å². The first-order chi connectivity index (χ1) is 16.9. The fourth-order valence-electron chi connectivity index (χ4n) is 7.97. The molecule has 3 rings (SSSR count). The first kappa shape index (κ1) is 28.9. The fourth-order valence-corrected chi connectivity index (χ4v) is 7.97. The fraction of sp³-hybridized carbons (Fsp3) is 0.839. The Morgan fingerprint density at radius 1 is 1.00 bits per heavy atom. The van der Waals surface area contributed by atoms with Gasteiger partial charge in [0.1, 0.15) is 17.5 Å².